The van der Waals surface area contributed by atoms with E-state index in [1.165, 1.54) is 27.4 Å². The van der Waals surface area contributed by atoms with Crippen molar-refractivity contribution >= 4 is 35.2 Å². The fraction of sp³-hybridized carbons (Fsp3) is 0.227. The van der Waals surface area contributed by atoms with E-state index in [1.807, 2.05) is 36.5 Å². The van der Waals surface area contributed by atoms with Crippen LogP contribution < -0.4 is 5.19 Å². The predicted molar refractivity (Wildman–Crippen MR) is 206 cm³/mol. The zero-order valence-corrected chi connectivity index (χ0v) is 33.1. The fourth-order valence-corrected chi connectivity index (χ4v) is 7.99. The third-order valence-corrected chi connectivity index (χ3v) is 10.9. The smallest absolute Gasteiger partial charge is 0.121 e. The second-order valence-corrected chi connectivity index (χ2v) is 19.2. The molecule has 7 aromatic rings. The number of hydrogen-bond donors (Lipinski definition) is 0. The third kappa shape index (κ3) is 7.86. The Morgan fingerprint density at radius 2 is 1.35 bits per heavy atom. The molecule has 7 rings (SSSR count). The predicted octanol–water partition coefficient (Wildman–Crippen LogP) is 11.8. The summed E-state index contributed by atoms with van der Waals surface area (Å²) in [7, 11) is -1.34. The number of rotatable bonds is 6. The Morgan fingerprint density at radius 1 is 0.653 bits per heavy atom. The van der Waals surface area contributed by atoms with Crippen molar-refractivity contribution in [3.8, 4) is 33.6 Å². The van der Waals surface area contributed by atoms with E-state index in [2.05, 4.69) is 149 Å². The Bertz CT molecular complexity index is 2180. The van der Waals surface area contributed by atoms with E-state index < -0.39 is 8.07 Å². The molecule has 0 saturated heterocycles. The van der Waals surface area contributed by atoms with Gasteiger partial charge in [-0.05, 0) is 63.7 Å². The summed E-state index contributed by atoms with van der Waals surface area (Å²) >= 11 is 0. The molecule has 0 aliphatic heterocycles. The molecule has 251 valence electrons. The van der Waals surface area contributed by atoms with Gasteiger partial charge in [0.1, 0.15) is 5.58 Å². The molecule has 0 spiro atoms. The van der Waals surface area contributed by atoms with Gasteiger partial charge >= 0.3 is 0 Å². The summed E-state index contributed by atoms with van der Waals surface area (Å²) in [6.07, 6.45) is 4.05. The minimum atomic E-state index is -1.34. The standard InChI is InChI=1S/C27H22NO.C17H22NSi.Ir/c1-17(2)24-15-25(28-16-18(24)3)23-11-7-10-22-21-13-12-20(14-26(21)29-27(22)23)19-8-5-4-6-9-19;1-13(2)15-11-16(14-9-7-6-8-10-14)18-12-17(15)19(3,4)5;/h4-10,12-17H,1-3H3;6-9,11-13H,1-5H3;/q2*-1;. The van der Waals surface area contributed by atoms with Crippen LogP contribution in [0.1, 0.15) is 56.2 Å². The zero-order chi connectivity index (χ0) is 34.0. The van der Waals surface area contributed by atoms with Crippen LogP contribution in [0, 0.1) is 19.1 Å². The van der Waals surface area contributed by atoms with E-state index in [-0.39, 0.29) is 20.1 Å². The molecule has 3 nitrogen and oxygen atoms in total. The summed E-state index contributed by atoms with van der Waals surface area (Å²) in [6, 6.07) is 39.9. The van der Waals surface area contributed by atoms with Crippen molar-refractivity contribution in [2.24, 2.45) is 0 Å². The topological polar surface area (TPSA) is 38.9 Å². The summed E-state index contributed by atoms with van der Waals surface area (Å²) in [6.45, 7) is 18.2. The van der Waals surface area contributed by atoms with Crippen molar-refractivity contribution in [1.82, 2.24) is 9.97 Å². The molecular formula is C44H44IrN2OSi-2. The molecule has 3 heterocycles. The van der Waals surface area contributed by atoms with Crippen LogP contribution in [0.2, 0.25) is 19.6 Å². The number of fused-ring (bicyclic) bond motifs is 3. The van der Waals surface area contributed by atoms with Crippen LogP contribution in [-0.4, -0.2) is 18.0 Å². The number of furan rings is 1. The van der Waals surface area contributed by atoms with Gasteiger partial charge in [0.15, 0.2) is 0 Å². The van der Waals surface area contributed by atoms with Crippen molar-refractivity contribution in [1.29, 1.82) is 0 Å². The number of benzene rings is 4. The Labute approximate surface area is 306 Å². The minimum absolute atomic E-state index is 0. The van der Waals surface area contributed by atoms with Crippen LogP contribution in [-0.2, 0) is 20.1 Å². The number of pyridine rings is 2. The second-order valence-electron chi connectivity index (χ2n) is 14.2. The Balaban J connectivity index is 0.000000205. The summed E-state index contributed by atoms with van der Waals surface area (Å²) in [5.74, 6) is 0.979. The van der Waals surface area contributed by atoms with Gasteiger partial charge in [-0.2, -0.15) is 0 Å². The number of aryl methyl sites for hydroxylation is 1. The third-order valence-electron chi connectivity index (χ3n) is 8.91. The van der Waals surface area contributed by atoms with Gasteiger partial charge in [0.05, 0.1) is 13.7 Å². The van der Waals surface area contributed by atoms with E-state index in [0.29, 0.717) is 11.8 Å². The van der Waals surface area contributed by atoms with Crippen molar-refractivity contribution in [2.75, 3.05) is 0 Å². The van der Waals surface area contributed by atoms with Gasteiger partial charge in [-0.15, -0.1) is 54.1 Å². The molecule has 0 amide bonds. The average molecular weight is 837 g/mol. The van der Waals surface area contributed by atoms with Gasteiger partial charge in [-0.25, -0.2) is 0 Å². The van der Waals surface area contributed by atoms with Crippen molar-refractivity contribution in [3.63, 3.8) is 0 Å². The molecule has 0 fully saturated rings. The molecule has 3 aromatic heterocycles. The van der Waals surface area contributed by atoms with Gasteiger partial charge in [0.25, 0.3) is 0 Å². The Morgan fingerprint density at radius 3 is 2.02 bits per heavy atom. The van der Waals surface area contributed by atoms with Crippen LogP contribution >= 0.6 is 0 Å². The summed E-state index contributed by atoms with van der Waals surface area (Å²) in [5, 5.41) is 3.69. The van der Waals surface area contributed by atoms with E-state index in [4.69, 9.17) is 4.42 Å². The fourth-order valence-electron chi connectivity index (χ4n) is 6.32. The second kappa shape index (κ2) is 15.2. The van der Waals surface area contributed by atoms with E-state index in [0.717, 1.165) is 50.0 Å². The minimum Gasteiger partial charge on any atom is -0.501 e. The van der Waals surface area contributed by atoms with Crippen LogP contribution in [0.5, 0.6) is 0 Å². The van der Waals surface area contributed by atoms with Gasteiger partial charge in [0, 0.05) is 37.9 Å². The Hall–Kier alpha value is -4.15. The number of aromatic nitrogens is 2. The van der Waals surface area contributed by atoms with E-state index >= 15 is 0 Å². The summed E-state index contributed by atoms with van der Waals surface area (Å²) in [4.78, 5) is 9.35. The number of hydrogen-bond acceptors (Lipinski definition) is 3. The quantitative estimate of drug-likeness (QED) is 0.124. The largest absolute Gasteiger partial charge is 0.501 e. The molecule has 4 aromatic carbocycles. The normalized spacial score (nSPS) is 11.5. The molecule has 0 N–H and O–H groups in total. The maximum atomic E-state index is 6.36. The van der Waals surface area contributed by atoms with Gasteiger partial charge in [-0.1, -0.05) is 118 Å². The van der Waals surface area contributed by atoms with Gasteiger partial charge in [0.2, 0.25) is 0 Å². The zero-order valence-electron chi connectivity index (χ0n) is 29.7. The summed E-state index contributed by atoms with van der Waals surface area (Å²) < 4.78 is 6.36. The molecule has 0 aliphatic carbocycles. The maximum absolute atomic E-state index is 6.36. The molecular weight excluding hydrogens is 793 g/mol. The summed E-state index contributed by atoms with van der Waals surface area (Å²) in [5.41, 5.74) is 12.0. The van der Waals surface area contributed by atoms with Crippen molar-refractivity contribution < 1.29 is 24.5 Å². The molecule has 0 atom stereocenters. The van der Waals surface area contributed by atoms with Gasteiger partial charge < -0.3 is 14.4 Å². The first-order valence-corrected chi connectivity index (χ1v) is 20.4. The first-order valence-electron chi connectivity index (χ1n) is 16.9. The van der Waals surface area contributed by atoms with E-state index in [1.54, 1.807) is 0 Å². The Kier molecular flexibility index (Phi) is 11.2. The van der Waals surface area contributed by atoms with E-state index in [9.17, 15) is 0 Å². The van der Waals surface area contributed by atoms with Crippen LogP contribution in [0.3, 0.4) is 0 Å². The molecule has 0 aliphatic rings. The molecule has 0 unspecified atom stereocenters. The monoisotopic (exact) mass is 837 g/mol. The first-order chi connectivity index (χ1) is 23.0. The average Bonchev–Trinajstić information content (AvgIpc) is 3.47. The van der Waals surface area contributed by atoms with Crippen LogP contribution in [0.15, 0.2) is 114 Å². The maximum Gasteiger partial charge on any atom is 0.121 e. The molecule has 1 radical (unpaired) electrons. The number of nitrogens with zero attached hydrogens (tertiary/aromatic N) is 2. The SMILES string of the molecule is CC(C)c1cc(-c2[c-]cccc2)ncc1[Si](C)(C)C.Cc1cnc(-c2[c-]ccc3c2oc2cc(-c4ccccc4)ccc23)cc1C(C)C.[Ir]. The van der Waals surface area contributed by atoms with Crippen LogP contribution in [0.4, 0.5) is 0 Å². The molecule has 0 bridgehead atoms. The molecule has 49 heavy (non-hydrogen) atoms. The molecule has 5 heteroatoms. The first kappa shape index (κ1) is 36.1. The van der Waals surface area contributed by atoms with Crippen LogP contribution in [0.25, 0.3) is 55.6 Å². The van der Waals surface area contributed by atoms with Crippen molar-refractivity contribution in [2.45, 2.75) is 66.1 Å². The molecule has 0 saturated carbocycles. The van der Waals surface area contributed by atoms with Crippen molar-refractivity contribution in [3.05, 3.63) is 138 Å². The van der Waals surface area contributed by atoms with Gasteiger partial charge in [-0.3, -0.25) is 0 Å².